The first-order valence-electron chi connectivity index (χ1n) is 6.06. The summed E-state index contributed by atoms with van der Waals surface area (Å²) in [5.74, 6) is -0.0573. The second-order valence-electron chi connectivity index (χ2n) is 4.41. The fraction of sp³-hybridized carbons (Fsp3) is 0.188. The van der Waals surface area contributed by atoms with Crippen LogP contribution < -0.4 is 0 Å². The van der Waals surface area contributed by atoms with Crippen LogP contribution in [0.3, 0.4) is 0 Å². The highest BCUT2D eigenvalue weighted by Crippen LogP contribution is 2.17. The Kier molecular flexibility index (Phi) is 4.59. The van der Waals surface area contributed by atoms with Crippen molar-refractivity contribution in [3.63, 3.8) is 0 Å². The first-order chi connectivity index (χ1) is 8.75. The van der Waals surface area contributed by atoms with Crippen LogP contribution in [0.5, 0.6) is 0 Å². The topological polar surface area (TPSA) is 17.1 Å². The molecule has 0 aliphatic carbocycles. The highest BCUT2D eigenvalue weighted by molar-refractivity contribution is 7.96. The largest absolute Gasteiger partial charge is 0.287 e. The number of benzene rings is 2. The van der Waals surface area contributed by atoms with E-state index in [-0.39, 0.29) is 11.0 Å². The molecule has 0 spiro atoms. The van der Waals surface area contributed by atoms with Crippen molar-refractivity contribution in [2.75, 3.05) is 0 Å². The van der Waals surface area contributed by atoms with E-state index in [2.05, 4.69) is 36.9 Å². The lowest BCUT2D eigenvalue weighted by atomic mass is 9.93. The molecular formula is C16H16OS. The molecule has 0 saturated heterocycles. The van der Waals surface area contributed by atoms with Crippen LogP contribution in [-0.2, 0) is 17.6 Å². The summed E-state index contributed by atoms with van der Waals surface area (Å²) >= 11 is 4.01. The summed E-state index contributed by atoms with van der Waals surface area (Å²) in [6.07, 6.45) is 1.50. The lowest BCUT2D eigenvalue weighted by Gasteiger charge is -2.13. The van der Waals surface area contributed by atoms with Gasteiger partial charge in [0.15, 0.2) is 5.12 Å². The zero-order valence-corrected chi connectivity index (χ0v) is 11.0. The van der Waals surface area contributed by atoms with Crippen molar-refractivity contribution in [2.24, 2.45) is 5.92 Å². The Hall–Kier alpha value is -1.54. The lowest BCUT2D eigenvalue weighted by molar-refractivity contribution is -0.114. The van der Waals surface area contributed by atoms with Crippen molar-refractivity contribution in [1.82, 2.24) is 0 Å². The maximum atomic E-state index is 11.6. The zero-order chi connectivity index (χ0) is 12.8. The van der Waals surface area contributed by atoms with E-state index in [0.717, 1.165) is 12.8 Å². The molecule has 92 valence electrons. The van der Waals surface area contributed by atoms with Gasteiger partial charge in [-0.05, 0) is 24.0 Å². The molecule has 2 aromatic carbocycles. The van der Waals surface area contributed by atoms with E-state index in [1.165, 1.54) is 11.1 Å². The van der Waals surface area contributed by atoms with E-state index >= 15 is 0 Å². The monoisotopic (exact) mass is 256 g/mol. The van der Waals surface area contributed by atoms with Crippen molar-refractivity contribution >= 4 is 17.7 Å². The second-order valence-corrected chi connectivity index (χ2v) is 4.86. The molecule has 1 nitrogen and oxygen atoms in total. The number of thiol groups is 1. The summed E-state index contributed by atoms with van der Waals surface area (Å²) in [7, 11) is 0. The van der Waals surface area contributed by atoms with Gasteiger partial charge in [-0.2, -0.15) is 0 Å². The third-order valence-electron chi connectivity index (χ3n) is 3.00. The Morgan fingerprint density at radius 2 is 1.22 bits per heavy atom. The molecule has 0 aliphatic rings. The predicted molar refractivity (Wildman–Crippen MR) is 77.8 cm³/mol. The Morgan fingerprint density at radius 1 is 0.833 bits per heavy atom. The molecule has 0 N–H and O–H groups in total. The summed E-state index contributed by atoms with van der Waals surface area (Å²) in [6, 6.07) is 20.2. The normalized spacial score (nSPS) is 10.6. The van der Waals surface area contributed by atoms with Crippen molar-refractivity contribution in [3.8, 4) is 0 Å². The van der Waals surface area contributed by atoms with Gasteiger partial charge < -0.3 is 0 Å². The van der Waals surface area contributed by atoms with Crippen LogP contribution in [0.15, 0.2) is 60.7 Å². The van der Waals surface area contributed by atoms with E-state index < -0.39 is 0 Å². The first-order valence-corrected chi connectivity index (χ1v) is 6.51. The number of hydrogen-bond acceptors (Lipinski definition) is 1. The maximum absolute atomic E-state index is 11.6. The molecule has 0 radical (unpaired) electrons. The fourth-order valence-corrected chi connectivity index (χ4v) is 2.23. The summed E-state index contributed by atoms with van der Waals surface area (Å²) in [6.45, 7) is 0. The van der Waals surface area contributed by atoms with Gasteiger partial charge >= 0.3 is 0 Å². The quantitative estimate of drug-likeness (QED) is 0.810. The van der Waals surface area contributed by atoms with Crippen LogP contribution >= 0.6 is 12.6 Å². The molecule has 18 heavy (non-hydrogen) atoms. The Labute approximate surface area is 113 Å². The molecule has 0 saturated carbocycles. The maximum Gasteiger partial charge on any atom is 0.189 e. The molecular weight excluding hydrogens is 240 g/mol. The van der Waals surface area contributed by atoms with Crippen molar-refractivity contribution < 1.29 is 4.79 Å². The minimum Gasteiger partial charge on any atom is -0.287 e. The third-order valence-corrected chi connectivity index (χ3v) is 3.36. The minimum absolute atomic E-state index is 0.0392. The van der Waals surface area contributed by atoms with Gasteiger partial charge in [0.05, 0.1) is 0 Å². The van der Waals surface area contributed by atoms with Crippen LogP contribution in [0.4, 0.5) is 0 Å². The van der Waals surface area contributed by atoms with Gasteiger partial charge in [-0.3, -0.25) is 4.79 Å². The standard InChI is InChI=1S/C16H16OS/c17-16(18)15(11-13-7-3-1-4-8-13)12-14-9-5-2-6-10-14/h1-10,15H,11-12H2,(H,17,18). The van der Waals surface area contributed by atoms with E-state index in [1.807, 2.05) is 36.4 Å². The molecule has 0 amide bonds. The zero-order valence-electron chi connectivity index (χ0n) is 10.1. The van der Waals surface area contributed by atoms with Gasteiger partial charge in [0.25, 0.3) is 0 Å². The van der Waals surface area contributed by atoms with Gasteiger partial charge in [0, 0.05) is 5.92 Å². The Morgan fingerprint density at radius 3 is 1.56 bits per heavy atom. The molecule has 0 atom stereocenters. The van der Waals surface area contributed by atoms with E-state index in [4.69, 9.17) is 0 Å². The fourth-order valence-electron chi connectivity index (χ4n) is 2.04. The molecule has 2 aromatic rings. The molecule has 0 bridgehead atoms. The molecule has 0 aliphatic heterocycles. The molecule has 0 aromatic heterocycles. The summed E-state index contributed by atoms with van der Waals surface area (Å²) in [4.78, 5) is 11.6. The SMILES string of the molecule is O=C(S)C(Cc1ccccc1)Cc1ccccc1. The Balaban J connectivity index is 2.08. The number of rotatable bonds is 5. The summed E-state index contributed by atoms with van der Waals surface area (Å²) < 4.78 is 0. The summed E-state index contributed by atoms with van der Waals surface area (Å²) in [5.41, 5.74) is 2.36. The number of carbonyl (C=O) groups excluding carboxylic acids is 1. The van der Waals surface area contributed by atoms with Crippen LogP contribution in [0.25, 0.3) is 0 Å². The predicted octanol–water partition coefficient (Wildman–Crippen LogP) is 3.54. The smallest absolute Gasteiger partial charge is 0.189 e. The van der Waals surface area contributed by atoms with Crippen LogP contribution in [-0.4, -0.2) is 5.12 Å². The van der Waals surface area contributed by atoms with Crippen molar-refractivity contribution in [1.29, 1.82) is 0 Å². The molecule has 2 heteroatoms. The van der Waals surface area contributed by atoms with Crippen molar-refractivity contribution in [3.05, 3.63) is 71.8 Å². The molecule has 0 heterocycles. The molecule has 0 fully saturated rings. The Bertz CT molecular complexity index is 452. The van der Waals surface area contributed by atoms with Gasteiger partial charge in [-0.25, -0.2) is 0 Å². The third kappa shape index (κ3) is 3.74. The van der Waals surface area contributed by atoms with E-state index in [0.29, 0.717) is 0 Å². The van der Waals surface area contributed by atoms with Gasteiger partial charge in [-0.1, -0.05) is 60.7 Å². The minimum atomic E-state index is -0.0573. The number of hydrogen-bond donors (Lipinski definition) is 1. The highest BCUT2D eigenvalue weighted by atomic mass is 32.1. The lowest BCUT2D eigenvalue weighted by Crippen LogP contribution is -2.15. The van der Waals surface area contributed by atoms with Gasteiger partial charge in [0.2, 0.25) is 0 Å². The van der Waals surface area contributed by atoms with Crippen molar-refractivity contribution in [2.45, 2.75) is 12.8 Å². The first kappa shape index (κ1) is 12.9. The number of carbonyl (C=O) groups is 1. The van der Waals surface area contributed by atoms with Crippen LogP contribution in [0.2, 0.25) is 0 Å². The average Bonchev–Trinajstić information content (AvgIpc) is 2.40. The van der Waals surface area contributed by atoms with E-state index in [1.54, 1.807) is 0 Å². The molecule has 2 rings (SSSR count). The highest BCUT2D eigenvalue weighted by Gasteiger charge is 2.16. The average molecular weight is 256 g/mol. The van der Waals surface area contributed by atoms with Gasteiger partial charge in [0.1, 0.15) is 0 Å². The van der Waals surface area contributed by atoms with Gasteiger partial charge in [-0.15, -0.1) is 12.6 Å². The second kappa shape index (κ2) is 6.41. The molecule has 0 unspecified atom stereocenters. The van der Waals surface area contributed by atoms with Crippen LogP contribution in [0.1, 0.15) is 11.1 Å². The summed E-state index contributed by atoms with van der Waals surface area (Å²) in [5, 5.41) is -0.0392. The van der Waals surface area contributed by atoms with E-state index in [9.17, 15) is 4.79 Å². The van der Waals surface area contributed by atoms with Crippen LogP contribution in [0, 0.1) is 5.92 Å².